The SMILES string of the molecule is COc1ccc(-c2noc(CCC(=O)NC(C)(CN)C(C)C)n2)cc1. The number of nitrogens with zero attached hydrogens (tertiary/aromatic N) is 2. The van der Waals surface area contributed by atoms with Gasteiger partial charge in [-0.2, -0.15) is 4.98 Å². The second-order valence-corrected chi connectivity index (χ2v) is 6.56. The third-order valence-electron chi connectivity index (χ3n) is 4.51. The molecule has 7 nitrogen and oxygen atoms in total. The minimum Gasteiger partial charge on any atom is -0.497 e. The third-order valence-corrected chi connectivity index (χ3v) is 4.51. The summed E-state index contributed by atoms with van der Waals surface area (Å²) in [6, 6.07) is 7.38. The van der Waals surface area contributed by atoms with Gasteiger partial charge in [0.1, 0.15) is 5.75 Å². The highest BCUT2D eigenvalue weighted by Gasteiger charge is 2.28. The fourth-order valence-corrected chi connectivity index (χ4v) is 2.25. The van der Waals surface area contributed by atoms with Gasteiger partial charge in [-0.1, -0.05) is 19.0 Å². The van der Waals surface area contributed by atoms with Crippen LogP contribution in [0.5, 0.6) is 5.75 Å². The molecule has 3 N–H and O–H groups in total. The molecule has 0 fully saturated rings. The Kier molecular flexibility index (Phi) is 6.14. The van der Waals surface area contributed by atoms with Crippen LogP contribution in [0.3, 0.4) is 0 Å². The molecule has 1 aromatic carbocycles. The summed E-state index contributed by atoms with van der Waals surface area (Å²) in [5.74, 6) is 1.85. The molecule has 1 heterocycles. The van der Waals surface area contributed by atoms with E-state index in [0.717, 1.165) is 11.3 Å². The number of carbonyl (C=O) groups excluding carboxylic acids is 1. The lowest BCUT2D eigenvalue weighted by Crippen LogP contribution is -2.55. The molecule has 1 amide bonds. The quantitative estimate of drug-likeness (QED) is 0.759. The van der Waals surface area contributed by atoms with Crippen LogP contribution in [0.4, 0.5) is 0 Å². The molecular formula is C18H26N4O3. The monoisotopic (exact) mass is 346 g/mol. The zero-order valence-corrected chi connectivity index (χ0v) is 15.2. The van der Waals surface area contributed by atoms with E-state index in [0.29, 0.717) is 24.7 Å². The molecule has 0 saturated heterocycles. The van der Waals surface area contributed by atoms with Crippen molar-refractivity contribution in [3.63, 3.8) is 0 Å². The van der Waals surface area contributed by atoms with E-state index in [2.05, 4.69) is 15.5 Å². The molecule has 0 radical (unpaired) electrons. The van der Waals surface area contributed by atoms with Crippen molar-refractivity contribution in [3.05, 3.63) is 30.2 Å². The Balaban J connectivity index is 1.93. The smallest absolute Gasteiger partial charge is 0.227 e. The number of carbonyl (C=O) groups is 1. The number of hydrogen-bond acceptors (Lipinski definition) is 6. The Morgan fingerprint density at radius 3 is 2.60 bits per heavy atom. The number of nitrogens with one attached hydrogen (secondary N) is 1. The largest absolute Gasteiger partial charge is 0.497 e. The zero-order valence-electron chi connectivity index (χ0n) is 15.2. The van der Waals surface area contributed by atoms with E-state index in [9.17, 15) is 4.79 Å². The highest BCUT2D eigenvalue weighted by atomic mass is 16.5. The van der Waals surface area contributed by atoms with Gasteiger partial charge in [-0.3, -0.25) is 4.79 Å². The van der Waals surface area contributed by atoms with Crippen LogP contribution in [-0.4, -0.2) is 35.2 Å². The van der Waals surface area contributed by atoms with Crippen molar-refractivity contribution in [3.8, 4) is 17.1 Å². The first-order valence-electron chi connectivity index (χ1n) is 8.36. The lowest BCUT2D eigenvalue weighted by atomic mass is 9.88. The fourth-order valence-electron chi connectivity index (χ4n) is 2.25. The molecule has 0 aliphatic rings. The maximum absolute atomic E-state index is 12.2. The number of ether oxygens (including phenoxy) is 1. The molecule has 0 saturated carbocycles. The molecule has 1 aromatic heterocycles. The van der Waals surface area contributed by atoms with Crippen LogP contribution in [0, 0.1) is 5.92 Å². The second kappa shape index (κ2) is 8.11. The number of nitrogens with two attached hydrogens (primary N) is 1. The van der Waals surface area contributed by atoms with Crippen LogP contribution >= 0.6 is 0 Å². The Morgan fingerprint density at radius 2 is 2.04 bits per heavy atom. The number of hydrogen-bond donors (Lipinski definition) is 2. The molecule has 0 bridgehead atoms. The first-order chi connectivity index (χ1) is 11.9. The van der Waals surface area contributed by atoms with Crippen molar-refractivity contribution in [2.24, 2.45) is 11.7 Å². The summed E-state index contributed by atoms with van der Waals surface area (Å²) < 4.78 is 10.4. The van der Waals surface area contributed by atoms with Gasteiger partial charge in [0.25, 0.3) is 0 Å². The summed E-state index contributed by atoms with van der Waals surface area (Å²) in [5, 5.41) is 6.96. The van der Waals surface area contributed by atoms with Crippen molar-refractivity contribution >= 4 is 5.91 Å². The van der Waals surface area contributed by atoms with Gasteiger partial charge in [0, 0.05) is 24.9 Å². The van der Waals surface area contributed by atoms with Gasteiger partial charge in [-0.25, -0.2) is 0 Å². The summed E-state index contributed by atoms with van der Waals surface area (Å²) in [5.41, 5.74) is 6.20. The van der Waals surface area contributed by atoms with Crippen LogP contribution in [0.25, 0.3) is 11.4 Å². The second-order valence-electron chi connectivity index (χ2n) is 6.56. The molecule has 1 unspecified atom stereocenters. The van der Waals surface area contributed by atoms with Crippen LogP contribution in [0.15, 0.2) is 28.8 Å². The Bertz CT molecular complexity index is 697. The molecule has 2 aromatic rings. The van der Waals surface area contributed by atoms with Crippen LogP contribution in [-0.2, 0) is 11.2 Å². The van der Waals surface area contributed by atoms with E-state index in [-0.39, 0.29) is 18.2 Å². The summed E-state index contributed by atoms with van der Waals surface area (Å²) in [4.78, 5) is 16.5. The highest BCUT2D eigenvalue weighted by molar-refractivity contribution is 5.77. The van der Waals surface area contributed by atoms with Crippen molar-refractivity contribution in [2.45, 2.75) is 39.2 Å². The van der Waals surface area contributed by atoms with E-state index in [4.69, 9.17) is 15.0 Å². The summed E-state index contributed by atoms with van der Waals surface area (Å²) in [6.07, 6.45) is 0.653. The lowest BCUT2D eigenvalue weighted by molar-refractivity contribution is -0.123. The minimum atomic E-state index is -0.416. The van der Waals surface area contributed by atoms with Crippen LogP contribution in [0.1, 0.15) is 33.1 Å². The van der Waals surface area contributed by atoms with Gasteiger partial charge in [-0.15, -0.1) is 0 Å². The summed E-state index contributed by atoms with van der Waals surface area (Å²) in [7, 11) is 1.61. The molecule has 0 spiro atoms. The predicted molar refractivity (Wildman–Crippen MR) is 95.0 cm³/mol. The molecule has 25 heavy (non-hydrogen) atoms. The fraction of sp³-hybridized carbons (Fsp3) is 0.500. The van der Waals surface area contributed by atoms with Crippen LogP contribution in [0.2, 0.25) is 0 Å². The van der Waals surface area contributed by atoms with E-state index in [1.165, 1.54) is 0 Å². The zero-order chi connectivity index (χ0) is 18.4. The molecule has 136 valence electrons. The summed E-state index contributed by atoms with van der Waals surface area (Å²) in [6.45, 7) is 6.40. The third kappa shape index (κ3) is 4.79. The van der Waals surface area contributed by atoms with Crippen molar-refractivity contribution < 1.29 is 14.1 Å². The standard InChI is InChI=1S/C18H26N4O3/c1-12(2)18(3,11-19)21-15(23)9-10-16-20-17(22-25-16)13-5-7-14(24-4)8-6-13/h5-8,12H,9-11,19H2,1-4H3,(H,21,23). The topological polar surface area (TPSA) is 103 Å². The van der Waals surface area contributed by atoms with E-state index < -0.39 is 5.54 Å². The molecular weight excluding hydrogens is 320 g/mol. The molecule has 0 aliphatic heterocycles. The van der Waals surface area contributed by atoms with Crippen LogP contribution < -0.4 is 15.8 Å². The number of rotatable bonds is 8. The minimum absolute atomic E-state index is 0.0779. The van der Waals surface area contributed by atoms with Gasteiger partial charge in [0.2, 0.25) is 17.6 Å². The number of benzene rings is 1. The van der Waals surface area contributed by atoms with Gasteiger partial charge in [-0.05, 0) is 37.1 Å². The van der Waals surface area contributed by atoms with E-state index in [1.54, 1.807) is 7.11 Å². The first-order valence-corrected chi connectivity index (χ1v) is 8.36. The summed E-state index contributed by atoms with van der Waals surface area (Å²) >= 11 is 0. The average Bonchev–Trinajstić information content (AvgIpc) is 3.08. The van der Waals surface area contributed by atoms with E-state index in [1.807, 2.05) is 45.0 Å². The average molecular weight is 346 g/mol. The van der Waals surface area contributed by atoms with Gasteiger partial charge >= 0.3 is 0 Å². The number of aromatic nitrogens is 2. The van der Waals surface area contributed by atoms with Gasteiger partial charge < -0.3 is 20.3 Å². The Hall–Kier alpha value is -2.41. The van der Waals surface area contributed by atoms with Crippen molar-refractivity contribution in [1.82, 2.24) is 15.5 Å². The highest BCUT2D eigenvalue weighted by Crippen LogP contribution is 2.20. The number of methoxy groups -OCH3 is 1. The molecule has 0 aliphatic carbocycles. The Labute approximate surface area is 147 Å². The van der Waals surface area contributed by atoms with E-state index >= 15 is 0 Å². The van der Waals surface area contributed by atoms with Gasteiger partial charge in [0.15, 0.2) is 0 Å². The predicted octanol–water partition coefficient (Wildman–Crippen LogP) is 2.17. The number of aryl methyl sites for hydroxylation is 1. The number of amides is 1. The molecule has 7 heteroatoms. The lowest BCUT2D eigenvalue weighted by Gasteiger charge is -2.33. The molecule has 2 rings (SSSR count). The maximum Gasteiger partial charge on any atom is 0.227 e. The maximum atomic E-state index is 12.2. The first kappa shape index (κ1) is 18.9. The van der Waals surface area contributed by atoms with Crippen molar-refractivity contribution in [2.75, 3.05) is 13.7 Å². The normalized spacial score (nSPS) is 13.5. The van der Waals surface area contributed by atoms with Gasteiger partial charge in [0.05, 0.1) is 12.6 Å². The Morgan fingerprint density at radius 1 is 1.36 bits per heavy atom. The van der Waals surface area contributed by atoms with Crippen molar-refractivity contribution in [1.29, 1.82) is 0 Å². The molecule has 1 atom stereocenters.